The number of carbonyl (C=O) groups excluding carboxylic acids is 1. The quantitative estimate of drug-likeness (QED) is 0.939. The largest absolute Gasteiger partial charge is 0.362 e. The van der Waals surface area contributed by atoms with E-state index in [0.29, 0.717) is 11.5 Å². The lowest BCUT2D eigenvalue weighted by molar-refractivity contribution is 0.0821. The zero-order valence-corrected chi connectivity index (χ0v) is 12.2. The van der Waals surface area contributed by atoms with Crippen LogP contribution in [0.5, 0.6) is 0 Å². The molecule has 2 aromatic rings. The van der Waals surface area contributed by atoms with Gasteiger partial charge in [0.25, 0.3) is 5.91 Å². The summed E-state index contributed by atoms with van der Waals surface area (Å²) in [5.74, 6) is 0.0973. The molecule has 21 heavy (non-hydrogen) atoms. The molecule has 0 bridgehead atoms. The molecule has 0 saturated heterocycles. The Kier molecular flexibility index (Phi) is 4.47. The van der Waals surface area contributed by atoms with Crippen LogP contribution in [-0.2, 0) is 0 Å². The summed E-state index contributed by atoms with van der Waals surface area (Å²) in [6.07, 6.45) is 0. The van der Waals surface area contributed by atoms with Gasteiger partial charge in [-0.05, 0) is 36.8 Å². The van der Waals surface area contributed by atoms with E-state index < -0.39 is 0 Å². The van der Waals surface area contributed by atoms with Crippen LogP contribution in [0.15, 0.2) is 36.4 Å². The number of amides is 1. The Hall–Kier alpha value is -2.50. The van der Waals surface area contributed by atoms with Gasteiger partial charge >= 0.3 is 0 Å². The Bertz CT molecular complexity index is 611. The smallest absolute Gasteiger partial charge is 0.273 e. The lowest BCUT2D eigenvalue weighted by Gasteiger charge is -2.15. The van der Waals surface area contributed by atoms with E-state index in [1.165, 1.54) is 17.0 Å². The van der Waals surface area contributed by atoms with Gasteiger partial charge in [-0.25, -0.2) is 4.39 Å². The van der Waals surface area contributed by atoms with Crippen LogP contribution in [0.2, 0.25) is 0 Å². The van der Waals surface area contributed by atoms with Crippen molar-refractivity contribution in [1.29, 1.82) is 0 Å². The van der Waals surface area contributed by atoms with E-state index in [9.17, 15) is 9.18 Å². The van der Waals surface area contributed by atoms with E-state index in [1.807, 2.05) is 6.92 Å². The fourth-order valence-corrected chi connectivity index (χ4v) is 1.81. The Morgan fingerprint density at radius 3 is 2.33 bits per heavy atom. The first-order chi connectivity index (χ1) is 9.97. The molecule has 110 valence electrons. The number of rotatable bonds is 4. The molecule has 0 fully saturated rings. The van der Waals surface area contributed by atoms with Crippen molar-refractivity contribution in [2.24, 2.45) is 0 Å². The van der Waals surface area contributed by atoms with Gasteiger partial charge in [0.1, 0.15) is 11.6 Å². The average molecular weight is 288 g/mol. The first-order valence-electron chi connectivity index (χ1n) is 6.55. The Morgan fingerprint density at radius 1 is 1.14 bits per heavy atom. The molecule has 1 amide bonds. The lowest BCUT2D eigenvalue weighted by atomic mass is 10.1. The molecule has 1 aromatic heterocycles. The molecule has 1 N–H and O–H groups in total. The number of nitrogens with zero attached hydrogens (tertiary/aromatic N) is 3. The molecular weight excluding hydrogens is 271 g/mol. The third-order valence-corrected chi connectivity index (χ3v) is 3.02. The topological polar surface area (TPSA) is 58.1 Å². The minimum absolute atomic E-state index is 0.0460. The van der Waals surface area contributed by atoms with Crippen molar-refractivity contribution in [3.63, 3.8) is 0 Å². The van der Waals surface area contributed by atoms with E-state index in [1.54, 1.807) is 38.4 Å². The summed E-state index contributed by atoms with van der Waals surface area (Å²) in [6, 6.07) is 9.53. The van der Waals surface area contributed by atoms with Gasteiger partial charge in [-0.3, -0.25) is 4.79 Å². The standard InChI is InChI=1S/C15H17FN4O/c1-10(11-4-6-12(16)7-5-11)17-14-9-8-13(18-19-14)15(21)20(2)3/h4-10H,1-3H3,(H,17,19). The van der Waals surface area contributed by atoms with Crippen LogP contribution in [-0.4, -0.2) is 35.1 Å². The second-order valence-corrected chi connectivity index (χ2v) is 4.92. The van der Waals surface area contributed by atoms with E-state index >= 15 is 0 Å². The van der Waals surface area contributed by atoms with Crippen LogP contribution in [0, 0.1) is 5.82 Å². The minimum Gasteiger partial charge on any atom is -0.362 e. The Morgan fingerprint density at radius 2 is 1.81 bits per heavy atom. The highest BCUT2D eigenvalue weighted by Gasteiger charge is 2.11. The van der Waals surface area contributed by atoms with Crippen LogP contribution in [0.4, 0.5) is 10.2 Å². The number of halogens is 1. The summed E-state index contributed by atoms with van der Waals surface area (Å²) in [5.41, 5.74) is 1.23. The Labute approximate surface area is 122 Å². The second kappa shape index (κ2) is 6.30. The van der Waals surface area contributed by atoms with Crippen molar-refractivity contribution in [1.82, 2.24) is 15.1 Å². The number of hydrogen-bond acceptors (Lipinski definition) is 4. The maximum atomic E-state index is 12.9. The molecule has 0 aliphatic rings. The molecule has 0 spiro atoms. The van der Waals surface area contributed by atoms with Gasteiger partial charge in [0.15, 0.2) is 5.69 Å². The fourth-order valence-electron chi connectivity index (χ4n) is 1.81. The highest BCUT2D eigenvalue weighted by atomic mass is 19.1. The predicted octanol–water partition coefficient (Wildman–Crippen LogP) is 2.49. The van der Waals surface area contributed by atoms with Crippen molar-refractivity contribution in [2.75, 3.05) is 19.4 Å². The molecule has 2 rings (SSSR count). The molecule has 6 heteroatoms. The Balaban J connectivity index is 2.06. The molecule has 0 radical (unpaired) electrons. The number of anilines is 1. The molecule has 1 atom stereocenters. The monoisotopic (exact) mass is 288 g/mol. The molecule has 0 aliphatic heterocycles. The molecule has 0 saturated carbocycles. The molecule has 0 aliphatic carbocycles. The van der Waals surface area contributed by atoms with Gasteiger partial charge in [-0.15, -0.1) is 10.2 Å². The number of hydrogen-bond donors (Lipinski definition) is 1. The van der Waals surface area contributed by atoms with Gasteiger partial charge in [-0.1, -0.05) is 12.1 Å². The van der Waals surface area contributed by atoms with Gasteiger partial charge < -0.3 is 10.2 Å². The van der Waals surface area contributed by atoms with Crippen LogP contribution in [0.3, 0.4) is 0 Å². The maximum Gasteiger partial charge on any atom is 0.273 e. The van der Waals surface area contributed by atoms with Gasteiger partial charge in [0.05, 0.1) is 6.04 Å². The summed E-state index contributed by atoms with van der Waals surface area (Å²) < 4.78 is 12.9. The van der Waals surface area contributed by atoms with Gasteiger partial charge in [0.2, 0.25) is 0 Å². The highest BCUT2D eigenvalue weighted by molar-refractivity contribution is 5.91. The zero-order valence-electron chi connectivity index (χ0n) is 12.2. The molecule has 1 aromatic carbocycles. The average Bonchev–Trinajstić information content (AvgIpc) is 2.47. The van der Waals surface area contributed by atoms with E-state index in [4.69, 9.17) is 0 Å². The number of benzene rings is 1. The van der Waals surface area contributed by atoms with Crippen LogP contribution in [0.25, 0.3) is 0 Å². The maximum absolute atomic E-state index is 12.9. The predicted molar refractivity (Wildman–Crippen MR) is 78.5 cm³/mol. The summed E-state index contributed by atoms with van der Waals surface area (Å²) in [6.45, 7) is 1.94. The van der Waals surface area contributed by atoms with Crippen molar-refractivity contribution in [2.45, 2.75) is 13.0 Å². The number of carbonyl (C=O) groups is 1. The van der Waals surface area contributed by atoms with Crippen molar-refractivity contribution < 1.29 is 9.18 Å². The van der Waals surface area contributed by atoms with E-state index in [0.717, 1.165) is 5.56 Å². The van der Waals surface area contributed by atoms with E-state index in [2.05, 4.69) is 15.5 Å². The van der Waals surface area contributed by atoms with E-state index in [-0.39, 0.29) is 17.8 Å². The SMILES string of the molecule is CC(Nc1ccc(C(=O)N(C)C)nn1)c1ccc(F)cc1. The first-order valence-corrected chi connectivity index (χ1v) is 6.55. The number of aromatic nitrogens is 2. The number of nitrogens with one attached hydrogen (secondary N) is 1. The molecule has 1 heterocycles. The third-order valence-electron chi connectivity index (χ3n) is 3.02. The summed E-state index contributed by atoms with van der Waals surface area (Å²) in [7, 11) is 3.32. The zero-order chi connectivity index (χ0) is 15.4. The normalized spacial score (nSPS) is 11.8. The third kappa shape index (κ3) is 3.75. The highest BCUT2D eigenvalue weighted by Crippen LogP contribution is 2.17. The van der Waals surface area contributed by atoms with Crippen LogP contribution in [0.1, 0.15) is 29.0 Å². The van der Waals surface area contributed by atoms with Crippen molar-refractivity contribution in [3.05, 3.63) is 53.5 Å². The summed E-state index contributed by atoms with van der Waals surface area (Å²) in [5, 5.41) is 11.0. The lowest BCUT2D eigenvalue weighted by Crippen LogP contribution is -2.23. The van der Waals surface area contributed by atoms with Crippen molar-refractivity contribution in [3.8, 4) is 0 Å². The first kappa shape index (κ1) is 14.9. The van der Waals surface area contributed by atoms with Gasteiger partial charge in [0, 0.05) is 14.1 Å². The second-order valence-electron chi connectivity index (χ2n) is 4.92. The van der Waals surface area contributed by atoms with Crippen LogP contribution >= 0.6 is 0 Å². The fraction of sp³-hybridized carbons (Fsp3) is 0.267. The van der Waals surface area contributed by atoms with Crippen LogP contribution < -0.4 is 5.32 Å². The van der Waals surface area contributed by atoms with Gasteiger partial charge in [-0.2, -0.15) is 0 Å². The summed E-state index contributed by atoms with van der Waals surface area (Å²) in [4.78, 5) is 13.1. The minimum atomic E-state index is -0.266. The molecule has 5 nitrogen and oxygen atoms in total. The molecule has 1 unspecified atom stereocenters. The summed E-state index contributed by atoms with van der Waals surface area (Å²) >= 11 is 0. The molecular formula is C15H17FN4O. The van der Waals surface area contributed by atoms with Crippen molar-refractivity contribution >= 4 is 11.7 Å².